The summed E-state index contributed by atoms with van der Waals surface area (Å²) in [5.41, 5.74) is 6.79. The topological polar surface area (TPSA) is 48.4 Å². The van der Waals surface area contributed by atoms with E-state index < -0.39 is 6.04 Å². The molecule has 2 aromatic carbocycles. The van der Waals surface area contributed by atoms with Crippen molar-refractivity contribution in [3.05, 3.63) is 65.9 Å². The van der Waals surface area contributed by atoms with Crippen LogP contribution in [0, 0.1) is 5.82 Å². The standard InChI is InChI=1S/C16H14FNO2/c1-19-14-7-6-11(17)8-13(14)15(18)16-12-5-3-2-4-10(12)9-20-16/h2-9,15H,18H2,1H3. The molecule has 0 saturated carbocycles. The molecule has 0 fully saturated rings. The number of rotatable bonds is 3. The van der Waals surface area contributed by atoms with Gasteiger partial charge < -0.3 is 14.9 Å². The van der Waals surface area contributed by atoms with E-state index in [0.717, 1.165) is 10.8 Å². The summed E-state index contributed by atoms with van der Waals surface area (Å²) in [5, 5.41) is 1.89. The quantitative estimate of drug-likeness (QED) is 0.791. The molecule has 0 spiro atoms. The zero-order valence-corrected chi connectivity index (χ0v) is 11.0. The van der Waals surface area contributed by atoms with Crippen molar-refractivity contribution >= 4 is 10.8 Å². The van der Waals surface area contributed by atoms with Crippen LogP contribution in [-0.4, -0.2) is 7.11 Å². The van der Waals surface area contributed by atoms with Crippen molar-refractivity contribution in [1.29, 1.82) is 0 Å². The summed E-state index contributed by atoms with van der Waals surface area (Å²) in [6.45, 7) is 0. The second kappa shape index (κ2) is 4.98. The van der Waals surface area contributed by atoms with Crippen LogP contribution >= 0.6 is 0 Å². The molecule has 0 aliphatic heterocycles. The molecular weight excluding hydrogens is 257 g/mol. The number of hydrogen-bond donors (Lipinski definition) is 1. The van der Waals surface area contributed by atoms with Gasteiger partial charge in [0.1, 0.15) is 17.3 Å². The zero-order valence-electron chi connectivity index (χ0n) is 11.0. The molecule has 2 N–H and O–H groups in total. The molecule has 0 aliphatic rings. The van der Waals surface area contributed by atoms with E-state index in [9.17, 15) is 4.39 Å². The average molecular weight is 271 g/mol. The normalized spacial score (nSPS) is 12.6. The van der Waals surface area contributed by atoms with Crippen molar-refractivity contribution in [2.45, 2.75) is 6.04 Å². The van der Waals surface area contributed by atoms with Crippen LogP contribution in [0.25, 0.3) is 10.8 Å². The molecule has 1 unspecified atom stereocenters. The Morgan fingerprint density at radius 1 is 1.20 bits per heavy atom. The Bertz CT molecular complexity index is 751. The van der Waals surface area contributed by atoms with Crippen molar-refractivity contribution in [1.82, 2.24) is 0 Å². The first-order valence-corrected chi connectivity index (χ1v) is 6.26. The summed E-state index contributed by atoms with van der Waals surface area (Å²) in [7, 11) is 1.53. The van der Waals surface area contributed by atoms with Gasteiger partial charge in [0.25, 0.3) is 0 Å². The van der Waals surface area contributed by atoms with Gasteiger partial charge in [-0.2, -0.15) is 0 Å². The summed E-state index contributed by atoms with van der Waals surface area (Å²) in [6.07, 6.45) is 1.65. The first kappa shape index (κ1) is 12.7. The fourth-order valence-corrected chi connectivity index (χ4v) is 2.34. The third kappa shape index (κ3) is 2.04. The summed E-state index contributed by atoms with van der Waals surface area (Å²) >= 11 is 0. The molecule has 0 bridgehead atoms. The molecule has 0 amide bonds. The number of furan rings is 1. The highest BCUT2D eigenvalue weighted by Crippen LogP contribution is 2.33. The summed E-state index contributed by atoms with van der Waals surface area (Å²) in [5.74, 6) is 0.788. The van der Waals surface area contributed by atoms with Crippen LogP contribution in [0.15, 0.2) is 53.1 Å². The maximum absolute atomic E-state index is 13.5. The predicted octanol–water partition coefficient (Wildman–Crippen LogP) is 3.63. The van der Waals surface area contributed by atoms with Gasteiger partial charge in [-0.15, -0.1) is 0 Å². The SMILES string of the molecule is COc1ccc(F)cc1C(N)c1occ2ccccc12. The Hall–Kier alpha value is -2.33. The van der Waals surface area contributed by atoms with E-state index in [1.165, 1.54) is 19.2 Å². The molecule has 3 nitrogen and oxygen atoms in total. The van der Waals surface area contributed by atoms with Gasteiger partial charge in [0, 0.05) is 16.3 Å². The molecule has 0 saturated heterocycles. The van der Waals surface area contributed by atoms with E-state index in [0.29, 0.717) is 17.1 Å². The maximum atomic E-state index is 13.5. The lowest BCUT2D eigenvalue weighted by molar-refractivity contribution is 0.402. The van der Waals surface area contributed by atoms with E-state index in [1.807, 2.05) is 24.3 Å². The number of benzene rings is 2. The van der Waals surface area contributed by atoms with Crippen LogP contribution in [0.2, 0.25) is 0 Å². The van der Waals surface area contributed by atoms with E-state index in [-0.39, 0.29) is 5.82 Å². The van der Waals surface area contributed by atoms with Crippen LogP contribution in [-0.2, 0) is 0 Å². The van der Waals surface area contributed by atoms with E-state index in [2.05, 4.69) is 0 Å². The van der Waals surface area contributed by atoms with Crippen molar-refractivity contribution < 1.29 is 13.5 Å². The molecule has 1 heterocycles. The minimum atomic E-state index is -0.583. The number of nitrogens with two attached hydrogens (primary N) is 1. The Kier molecular flexibility index (Phi) is 3.16. The van der Waals surface area contributed by atoms with Crippen LogP contribution in [0.4, 0.5) is 4.39 Å². The monoisotopic (exact) mass is 271 g/mol. The van der Waals surface area contributed by atoms with E-state index in [4.69, 9.17) is 14.9 Å². The lowest BCUT2D eigenvalue weighted by atomic mass is 10.0. The molecule has 4 heteroatoms. The van der Waals surface area contributed by atoms with Gasteiger partial charge in [-0.25, -0.2) is 4.39 Å². The summed E-state index contributed by atoms with van der Waals surface area (Å²) < 4.78 is 24.3. The Morgan fingerprint density at radius 3 is 2.80 bits per heavy atom. The third-order valence-electron chi connectivity index (χ3n) is 3.35. The van der Waals surface area contributed by atoms with E-state index >= 15 is 0 Å². The molecule has 3 aromatic rings. The predicted molar refractivity (Wildman–Crippen MR) is 75.2 cm³/mol. The number of ether oxygens (including phenoxy) is 1. The van der Waals surface area contributed by atoms with Crippen LogP contribution < -0.4 is 10.5 Å². The van der Waals surface area contributed by atoms with Crippen LogP contribution in [0.3, 0.4) is 0 Å². The number of methoxy groups -OCH3 is 1. The molecule has 102 valence electrons. The van der Waals surface area contributed by atoms with Crippen molar-refractivity contribution in [3.63, 3.8) is 0 Å². The van der Waals surface area contributed by atoms with Gasteiger partial charge >= 0.3 is 0 Å². The molecule has 3 rings (SSSR count). The number of halogens is 1. The summed E-state index contributed by atoms with van der Waals surface area (Å²) in [6, 6.07) is 11.4. The Balaban J connectivity index is 2.13. The second-order valence-corrected chi connectivity index (χ2v) is 4.55. The molecule has 0 radical (unpaired) electrons. The van der Waals surface area contributed by atoms with Gasteiger partial charge in [-0.3, -0.25) is 0 Å². The van der Waals surface area contributed by atoms with Crippen LogP contribution in [0.5, 0.6) is 5.75 Å². The fourth-order valence-electron chi connectivity index (χ4n) is 2.34. The lowest BCUT2D eigenvalue weighted by Crippen LogP contribution is -2.13. The highest BCUT2D eigenvalue weighted by molar-refractivity contribution is 5.84. The fraction of sp³-hybridized carbons (Fsp3) is 0.125. The third-order valence-corrected chi connectivity index (χ3v) is 3.35. The highest BCUT2D eigenvalue weighted by atomic mass is 19.1. The smallest absolute Gasteiger partial charge is 0.132 e. The van der Waals surface area contributed by atoms with Gasteiger partial charge in [-0.1, -0.05) is 24.3 Å². The van der Waals surface area contributed by atoms with Crippen molar-refractivity contribution in [2.75, 3.05) is 7.11 Å². The molecule has 1 aromatic heterocycles. The highest BCUT2D eigenvalue weighted by Gasteiger charge is 2.20. The Morgan fingerprint density at radius 2 is 2.00 bits per heavy atom. The van der Waals surface area contributed by atoms with Crippen molar-refractivity contribution in [3.8, 4) is 5.75 Å². The average Bonchev–Trinajstić information content (AvgIpc) is 2.90. The number of fused-ring (bicyclic) bond motifs is 1. The van der Waals surface area contributed by atoms with Crippen molar-refractivity contribution in [2.24, 2.45) is 5.73 Å². The molecular formula is C16H14FNO2. The Labute approximate surface area is 115 Å². The second-order valence-electron chi connectivity index (χ2n) is 4.55. The van der Waals surface area contributed by atoms with Gasteiger partial charge in [0.2, 0.25) is 0 Å². The zero-order chi connectivity index (χ0) is 14.1. The molecule has 20 heavy (non-hydrogen) atoms. The largest absolute Gasteiger partial charge is 0.496 e. The van der Waals surface area contributed by atoms with Crippen LogP contribution in [0.1, 0.15) is 17.4 Å². The van der Waals surface area contributed by atoms with E-state index in [1.54, 1.807) is 12.3 Å². The van der Waals surface area contributed by atoms with Gasteiger partial charge in [0.15, 0.2) is 0 Å². The maximum Gasteiger partial charge on any atom is 0.132 e. The first-order valence-electron chi connectivity index (χ1n) is 6.26. The minimum Gasteiger partial charge on any atom is -0.496 e. The first-order chi connectivity index (χ1) is 9.70. The minimum absolute atomic E-state index is 0.355. The summed E-state index contributed by atoms with van der Waals surface area (Å²) in [4.78, 5) is 0. The van der Waals surface area contributed by atoms with Gasteiger partial charge in [0.05, 0.1) is 19.4 Å². The molecule has 1 atom stereocenters. The van der Waals surface area contributed by atoms with Gasteiger partial charge in [-0.05, 0) is 18.2 Å². The lowest BCUT2D eigenvalue weighted by Gasteiger charge is -2.14. The molecule has 0 aliphatic carbocycles. The number of hydrogen-bond acceptors (Lipinski definition) is 3.